The van der Waals surface area contributed by atoms with E-state index in [0.717, 1.165) is 49.9 Å². The minimum Gasteiger partial charge on any atom is -0.393 e. The highest BCUT2D eigenvalue weighted by Crippen LogP contribution is 2.66. The van der Waals surface area contributed by atoms with Crippen molar-refractivity contribution in [2.75, 3.05) is 0 Å². The van der Waals surface area contributed by atoms with E-state index in [1.165, 1.54) is 37.7 Å². The first-order chi connectivity index (χ1) is 13.5. The molecular weight excluding hydrogens is 356 g/mol. The standard InChI is InChI=1S/C27H44O2/c1-18(7-6-14-25(2,3)29)22-10-11-23-21-9-8-19-17-20(28)12-15-26(19,4)24(21)13-16-27(22,23)5/h8-9,18,20,22-24,28-29H,6-7,10-17H2,1-5H3/t18?,20-,22+,23-,24+,26+,27+/m0/s1. The fourth-order valence-electron chi connectivity index (χ4n) is 8.02. The zero-order chi connectivity index (χ0) is 21.0. The van der Waals surface area contributed by atoms with Gasteiger partial charge in [-0.05, 0) is 99.7 Å². The molecule has 3 fully saturated rings. The van der Waals surface area contributed by atoms with E-state index in [9.17, 15) is 10.2 Å². The van der Waals surface area contributed by atoms with Gasteiger partial charge in [0.2, 0.25) is 0 Å². The van der Waals surface area contributed by atoms with Crippen molar-refractivity contribution in [2.24, 2.45) is 34.5 Å². The summed E-state index contributed by atoms with van der Waals surface area (Å²) in [6.07, 6.45) is 16.5. The van der Waals surface area contributed by atoms with Crippen LogP contribution in [0.1, 0.15) is 98.8 Å². The van der Waals surface area contributed by atoms with Crippen molar-refractivity contribution in [3.8, 4) is 0 Å². The molecule has 3 saturated carbocycles. The van der Waals surface area contributed by atoms with Gasteiger partial charge >= 0.3 is 0 Å². The number of allylic oxidation sites excluding steroid dienone is 3. The summed E-state index contributed by atoms with van der Waals surface area (Å²) in [4.78, 5) is 0. The summed E-state index contributed by atoms with van der Waals surface area (Å²) in [5.41, 5.74) is 3.49. The Kier molecular flexibility index (Phi) is 5.61. The van der Waals surface area contributed by atoms with E-state index in [1.54, 1.807) is 5.57 Å². The quantitative estimate of drug-likeness (QED) is 0.559. The Bertz CT molecular complexity index is 683. The van der Waals surface area contributed by atoms with Gasteiger partial charge in [0.1, 0.15) is 0 Å². The number of fused-ring (bicyclic) bond motifs is 5. The average molecular weight is 401 g/mol. The van der Waals surface area contributed by atoms with Gasteiger partial charge in [0.25, 0.3) is 0 Å². The Labute approximate surface area is 178 Å². The third kappa shape index (κ3) is 3.78. The van der Waals surface area contributed by atoms with Gasteiger partial charge in [-0.2, -0.15) is 0 Å². The molecule has 0 aromatic heterocycles. The van der Waals surface area contributed by atoms with Crippen molar-refractivity contribution in [2.45, 2.75) is 111 Å². The molecule has 0 aromatic rings. The van der Waals surface area contributed by atoms with Crippen molar-refractivity contribution in [1.82, 2.24) is 0 Å². The molecular formula is C27H44O2. The van der Waals surface area contributed by atoms with Crippen LogP contribution in [0.15, 0.2) is 23.3 Å². The van der Waals surface area contributed by atoms with Crippen molar-refractivity contribution in [3.05, 3.63) is 23.3 Å². The van der Waals surface area contributed by atoms with Crippen LogP contribution in [-0.2, 0) is 0 Å². The molecule has 2 heteroatoms. The molecule has 2 N–H and O–H groups in total. The summed E-state index contributed by atoms with van der Waals surface area (Å²) < 4.78 is 0. The maximum absolute atomic E-state index is 10.2. The second-order valence-corrected chi connectivity index (χ2v) is 12.2. The van der Waals surface area contributed by atoms with E-state index in [1.807, 2.05) is 13.8 Å². The van der Waals surface area contributed by atoms with Crippen molar-refractivity contribution in [1.29, 1.82) is 0 Å². The number of rotatable bonds is 5. The van der Waals surface area contributed by atoms with Gasteiger partial charge in [-0.15, -0.1) is 0 Å². The predicted octanol–water partition coefficient (Wildman–Crippen LogP) is 6.42. The van der Waals surface area contributed by atoms with E-state index < -0.39 is 5.60 Å². The fraction of sp³-hybridized carbons (Fsp3) is 0.852. The third-order valence-electron chi connectivity index (χ3n) is 9.75. The normalized spacial score (nSPS) is 43.0. The smallest absolute Gasteiger partial charge is 0.0591 e. The molecule has 1 unspecified atom stereocenters. The Morgan fingerprint density at radius 3 is 2.55 bits per heavy atom. The second kappa shape index (κ2) is 7.52. The number of aliphatic hydroxyl groups excluding tert-OH is 1. The van der Waals surface area contributed by atoms with Crippen molar-refractivity contribution >= 4 is 0 Å². The molecule has 4 aliphatic carbocycles. The van der Waals surface area contributed by atoms with Gasteiger partial charge in [-0.25, -0.2) is 0 Å². The lowest BCUT2D eigenvalue weighted by Crippen LogP contribution is -2.46. The van der Waals surface area contributed by atoms with Gasteiger partial charge in [-0.3, -0.25) is 0 Å². The number of hydrogen-bond donors (Lipinski definition) is 2. The summed E-state index contributed by atoms with van der Waals surface area (Å²) in [7, 11) is 0. The molecule has 4 rings (SSSR count). The first-order valence-corrected chi connectivity index (χ1v) is 12.4. The van der Waals surface area contributed by atoms with Crippen LogP contribution < -0.4 is 0 Å². The van der Waals surface area contributed by atoms with Gasteiger partial charge in [0, 0.05) is 0 Å². The highest BCUT2D eigenvalue weighted by Gasteiger charge is 2.56. The van der Waals surface area contributed by atoms with E-state index in [2.05, 4.69) is 32.9 Å². The predicted molar refractivity (Wildman–Crippen MR) is 120 cm³/mol. The largest absolute Gasteiger partial charge is 0.393 e. The summed E-state index contributed by atoms with van der Waals surface area (Å²) in [5, 5.41) is 20.3. The lowest BCUT2D eigenvalue weighted by molar-refractivity contribution is 0.0298. The maximum atomic E-state index is 10.2. The van der Waals surface area contributed by atoms with Crippen LogP contribution in [0, 0.1) is 34.5 Å². The highest BCUT2D eigenvalue weighted by atomic mass is 16.3. The molecule has 0 saturated heterocycles. The topological polar surface area (TPSA) is 40.5 Å². The zero-order valence-corrected chi connectivity index (χ0v) is 19.5. The minimum absolute atomic E-state index is 0.126. The number of hydrogen-bond acceptors (Lipinski definition) is 2. The molecule has 0 amide bonds. The summed E-state index contributed by atoms with van der Waals surface area (Å²) in [6, 6.07) is 0. The Morgan fingerprint density at radius 1 is 1.07 bits per heavy atom. The van der Waals surface area contributed by atoms with Gasteiger partial charge in [-0.1, -0.05) is 56.9 Å². The second-order valence-electron chi connectivity index (χ2n) is 12.2. The molecule has 0 aliphatic heterocycles. The Morgan fingerprint density at radius 2 is 1.83 bits per heavy atom. The molecule has 0 heterocycles. The Balaban J connectivity index is 1.51. The minimum atomic E-state index is -0.528. The van der Waals surface area contributed by atoms with Crippen LogP contribution in [-0.4, -0.2) is 21.9 Å². The molecule has 4 aliphatic rings. The molecule has 7 atom stereocenters. The first-order valence-electron chi connectivity index (χ1n) is 12.4. The number of aliphatic hydroxyl groups is 2. The zero-order valence-electron chi connectivity index (χ0n) is 19.5. The monoisotopic (exact) mass is 400 g/mol. The van der Waals surface area contributed by atoms with Crippen molar-refractivity contribution in [3.63, 3.8) is 0 Å². The van der Waals surface area contributed by atoms with Gasteiger partial charge in [0.15, 0.2) is 0 Å². The molecule has 0 aromatic carbocycles. The molecule has 0 radical (unpaired) electrons. The molecule has 2 nitrogen and oxygen atoms in total. The molecule has 0 bridgehead atoms. The lowest BCUT2D eigenvalue weighted by atomic mass is 9.50. The summed E-state index contributed by atoms with van der Waals surface area (Å²) in [5.74, 6) is 3.03. The van der Waals surface area contributed by atoms with E-state index >= 15 is 0 Å². The SMILES string of the molecule is CC(CCCC(C)(C)O)[C@H]1CC[C@H]2C3=CC=C4C[C@@H](O)CC[C@@]4(C)[C@@H]3CC[C@]12C. The van der Waals surface area contributed by atoms with Gasteiger partial charge < -0.3 is 10.2 Å². The molecule has 164 valence electrons. The van der Waals surface area contributed by atoms with E-state index in [0.29, 0.717) is 16.7 Å². The summed E-state index contributed by atoms with van der Waals surface area (Å²) in [6.45, 7) is 11.5. The van der Waals surface area contributed by atoms with Crippen LogP contribution in [0.4, 0.5) is 0 Å². The van der Waals surface area contributed by atoms with Gasteiger partial charge in [0.05, 0.1) is 11.7 Å². The third-order valence-corrected chi connectivity index (χ3v) is 9.75. The Hall–Kier alpha value is -0.600. The van der Waals surface area contributed by atoms with E-state index in [-0.39, 0.29) is 6.10 Å². The highest BCUT2D eigenvalue weighted by molar-refractivity contribution is 5.38. The summed E-state index contributed by atoms with van der Waals surface area (Å²) >= 11 is 0. The van der Waals surface area contributed by atoms with Crippen LogP contribution in [0.25, 0.3) is 0 Å². The van der Waals surface area contributed by atoms with E-state index in [4.69, 9.17) is 0 Å². The maximum Gasteiger partial charge on any atom is 0.0591 e. The lowest BCUT2D eigenvalue weighted by Gasteiger charge is -2.55. The fourth-order valence-corrected chi connectivity index (χ4v) is 8.02. The van der Waals surface area contributed by atoms with Crippen LogP contribution in [0.3, 0.4) is 0 Å². The van der Waals surface area contributed by atoms with Crippen LogP contribution >= 0.6 is 0 Å². The first kappa shape index (κ1) is 21.6. The average Bonchev–Trinajstić information content (AvgIpc) is 2.98. The molecule has 0 spiro atoms. The van der Waals surface area contributed by atoms with Crippen LogP contribution in [0.2, 0.25) is 0 Å². The van der Waals surface area contributed by atoms with Crippen molar-refractivity contribution < 1.29 is 10.2 Å². The van der Waals surface area contributed by atoms with Crippen LogP contribution in [0.5, 0.6) is 0 Å². The molecule has 29 heavy (non-hydrogen) atoms.